The number of likely N-dealkylation sites (tertiary alicyclic amines) is 1. The van der Waals surface area contributed by atoms with E-state index >= 15 is 0 Å². The molecule has 6 heteroatoms. The zero-order valence-electron chi connectivity index (χ0n) is 14.4. The number of halogens is 1. The van der Waals surface area contributed by atoms with Crippen molar-refractivity contribution in [2.75, 3.05) is 13.1 Å². The number of hydrogen-bond acceptors (Lipinski definition) is 3. The van der Waals surface area contributed by atoms with Crippen LogP contribution in [-0.2, 0) is 4.79 Å². The number of carbonyl (C=O) groups excluding carboxylic acids is 2. The highest BCUT2D eigenvalue weighted by Gasteiger charge is 2.26. The molecule has 134 valence electrons. The van der Waals surface area contributed by atoms with Crippen LogP contribution in [0.3, 0.4) is 0 Å². The minimum absolute atomic E-state index is 0. The Labute approximate surface area is 150 Å². The van der Waals surface area contributed by atoms with Crippen molar-refractivity contribution >= 4 is 24.2 Å². The van der Waals surface area contributed by atoms with E-state index in [4.69, 9.17) is 5.73 Å². The van der Waals surface area contributed by atoms with Crippen molar-refractivity contribution in [2.45, 2.75) is 45.2 Å². The number of benzene rings is 1. The average molecular weight is 354 g/mol. The molecule has 0 unspecified atom stereocenters. The summed E-state index contributed by atoms with van der Waals surface area (Å²) in [6.07, 6.45) is 2.24. The molecule has 3 N–H and O–H groups in total. The predicted octanol–water partition coefficient (Wildman–Crippen LogP) is 2.20. The van der Waals surface area contributed by atoms with E-state index in [0.717, 1.165) is 12.8 Å². The second-order valence-corrected chi connectivity index (χ2v) is 6.68. The monoisotopic (exact) mass is 353 g/mol. The molecule has 1 aliphatic rings. The summed E-state index contributed by atoms with van der Waals surface area (Å²) in [6.45, 7) is 5.44. The van der Waals surface area contributed by atoms with E-state index in [-0.39, 0.29) is 30.3 Å². The Hall–Kier alpha value is -1.59. The van der Waals surface area contributed by atoms with Crippen molar-refractivity contribution in [1.82, 2.24) is 10.2 Å². The molecule has 1 aromatic carbocycles. The Bertz CT molecular complexity index is 528. The molecule has 1 heterocycles. The first-order valence-corrected chi connectivity index (χ1v) is 8.37. The van der Waals surface area contributed by atoms with Crippen LogP contribution in [0.1, 0.15) is 43.5 Å². The Morgan fingerprint density at radius 2 is 1.79 bits per heavy atom. The van der Waals surface area contributed by atoms with Gasteiger partial charge in [-0.25, -0.2) is 0 Å². The molecule has 1 aromatic rings. The number of hydrogen-bond donors (Lipinski definition) is 2. The molecule has 2 rings (SSSR count). The Balaban J connectivity index is 0.00000288. The van der Waals surface area contributed by atoms with Crippen LogP contribution in [0.4, 0.5) is 0 Å². The lowest BCUT2D eigenvalue weighted by molar-refractivity contribution is -0.123. The number of carbonyl (C=O) groups is 2. The zero-order valence-corrected chi connectivity index (χ0v) is 15.2. The minimum Gasteiger partial charge on any atom is -0.352 e. The third-order valence-electron chi connectivity index (χ3n) is 4.21. The van der Waals surface area contributed by atoms with Crippen molar-refractivity contribution in [3.8, 4) is 0 Å². The molecule has 5 nitrogen and oxygen atoms in total. The standard InChI is InChI=1S/C18H27N3O2.ClH/c1-13(2)12-16(19)17(22)20-15-8-10-21(11-9-15)18(23)14-6-4-3-5-7-14;/h3-7,13,15-16H,8-12,19H2,1-2H3,(H,20,22);1H/t16-;/m0./s1. The maximum Gasteiger partial charge on any atom is 0.253 e. The first kappa shape index (κ1) is 20.5. The fourth-order valence-corrected chi connectivity index (χ4v) is 2.91. The maximum atomic E-state index is 12.4. The zero-order chi connectivity index (χ0) is 16.8. The Kier molecular flexibility index (Phi) is 8.22. The van der Waals surface area contributed by atoms with E-state index in [1.165, 1.54) is 0 Å². The van der Waals surface area contributed by atoms with Crippen LogP contribution >= 0.6 is 12.4 Å². The van der Waals surface area contributed by atoms with E-state index in [1.54, 1.807) is 0 Å². The van der Waals surface area contributed by atoms with Crippen LogP contribution in [-0.4, -0.2) is 41.9 Å². The largest absolute Gasteiger partial charge is 0.352 e. The number of rotatable bonds is 5. The average Bonchev–Trinajstić information content (AvgIpc) is 2.55. The molecule has 0 radical (unpaired) electrons. The van der Waals surface area contributed by atoms with Crippen LogP contribution in [0.15, 0.2) is 30.3 Å². The highest BCUT2D eigenvalue weighted by molar-refractivity contribution is 5.94. The van der Waals surface area contributed by atoms with Gasteiger partial charge in [0.05, 0.1) is 6.04 Å². The molecular weight excluding hydrogens is 326 g/mol. The summed E-state index contributed by atoms with van der Waals surface area (Å²) >= 11 is 0. The number of nitrogens with two attached hydrogens (primary N) is 1. The summed E-state index contributed by atoms with van der Waals surface area (Å²) in [5.74, 6) is 0.388. The first-order chi connectivity index (χ1) is 11.0. The lowest BCUT2D eigenvalue weighted by atomic mass is 10.0. The smallest absolute Gasteiger partial charge is 0.253 e. The normalized spacial score (nSPS) is 16.4. The fourth-order valence-electron chi connectivity index (χ4n) is 2.91. The van der Waals surface area contributed by atoms with Gasteiger partial charge in [0.15, 0.2) is 0 Å². The summed E-state index contributed by atoms with van der Waals surface area (Å²) < 4.78 is 0. The molecule has 1 aliphatic heterocycles. The van der Waals surface area contributed by atoms with Gasteiger partial charge in [0.2, 0.25) is 5.91 Å². The Morgan fingerprint density at radius 3 is 2.33 bits per heavy atom. The molecule has 1 saturated heterocycles. The van der Waals surface area contributed by atoms with Gasteiger partial charge < -0.3 is 16.0 Å². The summed E-state index contributed by atoms with van der Waals surface area (Å²) in [5.41, 5.74) is 6.63. The molecule has 0 bridgehead atoms. The second-order valence-electron chi connectivity index (χ2n) is 6.68. The van der Waals surface area contributed by atoms with Gasteiger partial charge >= 0.3 is 0 Å². The molecule has 1 fully saturated rings. The van der Waals surface area contributed by atoms with Gasteiger partial charge in [-0.05, 0) is 37.3 Å². The third kappa shape index (κ3) is 5.80. The van der Waals surface area contributed by atoms with E-state index < -0.39 is 6.04 Å². The molecular formula is C18H28ClN3O2. The maximum absolute atomic E-state index is 12.4. The second kappa shape index (κ2) is 9.64. The van der Waals surface area contributed by atoms with Gasteiger partial charge in [0, 0.05) is 24.7 Å². The van der Waals surface area contributed by atoms with E-state index in [1.807, 2.05) is 35.2 Å². The van der Waals surface area contributed by atoms with E-state index in [9.17, 15) is 9.59 Å². The van der Waals surface area contributed by atoms with Crippen molar-refractivity contribution in [3.05, 3.63) is 35.9 Å². The summed E-state index contributed by atoms with van der Waals surface area (Å²) in [7, 11) is 0. The van der Waals surface area contributed by atoms with Gasteiger partial charge in [-0.1, -0.05) is 32.0 Å². The summed E-state index contributed by atoms with van der Waals surface area (Å²) in [5, 5.41) is 3.02. The SMILES string of the molecule is CC(C)C[C@H](N)C(=O)NC1CCN(C(=O)c2ccccc2)CC1.Cl. The van der Waals surface area contributed by atoms with E-state index in [2.05, 4.69) is 19.2 Å². The molecule has 1 atom stereocenters. The topological polar surface area (TPSA) is 75.4 Å². The highest BCUT2D eigenvalue weighted by atomic mass is 35.5. The third-order valence-corrected chi connectivity index (χ3v) is 4.21. The van der Waals surface area contributed by atoms with Gasteiger partial charge in [-0.2, -0.15) is 0 Å². The number of nitrogens with zero attached hydrogens (tertiary/aromatic N) is 1. The molecule has 0 spiro atoms. The number of amides is 2. The molecule has 2 amide bonds. The highest BCUT2D eigenvalue weighted by Crippen LogP contribution is 2.14. The van der Waals surface area contributed by atoms with Gasteiger partial charge in [-0.15, -0.1) is 12.4 Å². The molecule has 0 saturated carbocycles. The first-order valence-electron chi connectivity index (χ1n) is 8.37. The summed E-state index contributed by atoms with van der Waals surface area (Å²) in [4.78, 5) is 26.3. The van der Waals surface area contributed by atoms with Crippen LogP contribution in [0, 0.1) is 5.92 Å². The summed E-state index contributed by atoms with van der Waals surface area (Å²) in [6, 6.07) is 8.98. The molecule has 0 aliphatic carbocycles. The molecule has 0 aromatic heterocycles. The van der Waals surface area contributed by atoms with Gasteiger partial charge in [-0.3, -0.25) is 9.59 Å². The van der Waals surface area contributed by atoms with Gasteiger partial charge in [0.1, 0.15) is 0 Å². The van der Waals surface area contributed by atoms with E-state index in [0.29, 0.717) is 31.0 Å². The lowest BCUT2D eigenvalue weighted by Gasteiger charge is -2.33. The fraction of sp³-hybridized carbons (Fsp3) is 0.556. The van der Waals surface area contributed by atoms with Gasteiger partial charge in [0.25, 0.3) is 5.91 Å². The van der Waals surface area contributed by atoms with Crippen molar-refractivity contribution < 1.29 is 9.59 Å². The Morgan fingerprint density at radius 1 is 1.21 bits per heavy atom. The lowest BCUT2D eigenvalue weighted by Crippen LogP contribution is -2.50. The number of piperidine rings is 1. The predicted molar refractivity (Wildman–Crippen MR) is 98.2 cm³/mol. The molecule has 24 heavy (non-hydrogen) atoms. The number of nitrogens with one attached hydrogen (secondary N) is 1. The van der Waals surface area contributed by atoms with Crippen LogP contribution in [0.2, 0.25) is 0 Å². The van der Waals surface area contributed by atoms with Crippen molar-refractivity contribution in [3.63, 3.8) is 0 Å². The van der Waals surface area contributed by atoms with Crippen molar-refractivity contribution in [2.24, 2.45) is 11.7 Å². The van der Waals surface area contributed by atoms with Crippen LogP contribution < -0.4 is 11.1 Å². The van der Waals surface area contributed by atoms with Crippen LogP contribution in [0.5, 0.6) is 0 Å². The quantitative estimate of drug-likeness (QED) is 0.852. The van der Waals surface area contributed by atoms with Crippen LogP contribution in [0.25, 0.3) is 0 Å². The van der Waals surface area contributed by atoms with Crippen molar-refractivity contribution in [1.29, 1.82) is 0 Å². The minimum atomic E-state index is -0.445.